The van der Waals surface area contributed by atoms with Crippen LogP contribution in [-0.2, 0) is 20.9 Å². The second-order valence-corrected chi connectivity index (χ2v) is 5.40. The third-order valence-corrected chi connectivity index (χ3v) is 3.90. The summed E-state index contributed by atoms with van der Waals surface area (Å²) in [5.74, 6) is -1.45. The van der Waals surface area contributed by atoms with E-state index in [1.54, 1.807) is 6.08 Å². The van der Waals surface area contributed by atoms with Gasteiger partial charge in [0.25, 0.3) is 5.91 Å². The first kappa shape index (κ1) is 17.1. The van der Waals surface area contributed by atoms with Gasteiger partial charge in [0.2, 0.25) is 0 Å². The van der Waals surface area contributed by atoms with Crippen LogP contribution < -0.4 is 10.8 Å². The average Bonchev–Trinajstić information content (AvgIpc) is 2.59. The van der Waals surface area contributed by atoms with Crippen molar-refractivity contribution in [2.24, 2.45) is 0 Å². The minimum atomic E-state index is -0.934. The van der Waals surface area contributed by atoms with Crippen LogP contribution in [0.25, 0.3) is 6.08 Å². The highest BCUT2D eigenvalue weighted by atomic mass is 16.5. The fraction of sp³-hybridized carbons (Fsp3) is 0.375. The van der Waals surface area contributed by atoms with E-state index in [9.17, 15) is 14.7 Å². The molecule has 4 N–H and O–H groups in total. The molecule has 0 saturated carbocycles. The molecule has 7 nitrogen and oxygen atoms in total. The smallest absolute Gasteiger partial charge is 0.324 e. The van der Waals surface area contributed by atoms with Gasteiger partial charge < -0.3 is 9.84 Å². The molecule has 1 aromatic carbocycles. The summed E-state index contributed by atoms with van der Waals surface area (Å²) in [6, 6.07) is 7.35. The third kappa shape index (κ3) is 4.62. The molecule has 7 heteroatoms. The summed E-state index contributed by atoms with van der Waals surface area (Å²) in [4.78, 5) is 22.4. The van der Waals surface area contributed by atoms with Crippen molar-refractivity contribution in [1.82, 2.24) is 10.8 Å². The third-order valence-electron chi connectivity index (χ3n) is 3.90. The van der Waals surface area contributed by atoms with Crippen LogP contribution in [0.1, 0.15) is 24.0 Å². The second-order valence-electron chi connectivity index (χ2n) is 5.40. The SMILES string of the molecule is O=C(/C=C/c1ccc(CNC2(C(=O)O)CCOCC2)cc1)NO. The summed E-state index contributed by atoms with van der Waals surface area (Å²) >= 11 is 0. The first-order valence-electron chi connectivity index (χ1n) is 7.33. The summed E-state index contributed by atoms with van der Waals surface area (Å²) in [5, 5.41) is 21.0. The largest absolute Gasteiger partial charge is 0.480 e. The van der Waals surface area contributed by atoms with E-state index in [0.717, 1.165) is 11.1 Å². The van der Waals surface area contributed by atoms with Crippen LogP contribution in [0.2, 0.25) is 0 Å². The summed E-state index contributed by atoms with van der Waals surface area (Å²) < 4.78 is 5.24. The number of carboxylic acid groups (broad SMARTS) is 1. The van der Waals surface area contributed by atoms with Crippen molar-refractivity contribution in [1.29, 1.82) is 0 Å². The molecular weight excluding hydrogens is 300 g/mol. The molecule has 2 rings (SSSR count). The Labute approximate surface area is 133 Å². The number of hydrogen-bond donors (Lipinski definition) is 4. The van der Waals surface area contributed by atoms with E-state index in [2.05, 4.69) is 5.32 Å². The molecule has 1 fully saturated rings. The minimum Gasteiger partial charge on any atom is -0.480 e. The summed E-state index contributed by atoms with van der Waals surface area (Å²) in [6.45, 7) is 1.32. The number of nitrogens with one attached hydrogen (secondary N) is 2. The number of benzene rings is 1. The zero-order valence-corrected chi connectivity index (χ0v) is 12.6. The Morgan fingerprint density at radius 1 is 1.22 bits per heavy atom. The van der Waals surface area contributed by atoms with Gasteiger partial charge in [-0.2, -0.15) is 0 Å². The van der Waals surface area contributed by atoms with Gasteiger partial charge in [0.1, 0.15) is 5.54 Å². The quantitative estimate of drug-likeness (QED) is 0.353. The van der Waals surface area contributed by atoms with Crippen molar-refractivity contribution in [3.8, 4) is 0 Å². The van der Waals surface area contributed by atoms with E-state index >= 15 is 0 Å². The zero-order chi connectivity index (χ0) is 16.7. The Morgan fingerprint density at radius 3 is 2.43 bits per heavy atom. The molecule has 0 spiro atoms. The Hall–Kier alpha value is -2.22. The van der Waals surface area contributed by atoms with Gasteiger partial charge in [-0.3, -0.25) is 20.1 Å². The molecule has 1 aromatic rings. The normalized spacial score (nSPS) is 17.1. The molecule has 0 aliphatic carbocycles. The molecule has 0 radical (unpaired) electrons. The van der Waals surface area contributed by atoms with Gasteiger partial charge >= 0.3 is 5.97 Å². The number of hydrogen-bond acceptors (Lipinski definition) is 5. The maximum Gasteiger partial charge on any atom is 0.324 e. The highest BCUT2D eigenvalue weighted by Gasteiger charge is 2.39. The predicted molar refractivity (Wildman–Crippen MR) is 82.7 cm³/mol. The maximum absolute atomic E-state index is 11.5. The Bertz CT molecular complexity index is 577. The van der Waals surface area contributed by atoms with Crippen LogP contribution >= 0.6 is 0 Å². The summed E-state index contributed by atoms with van der Waals surface area (Å²) in [6.07, 6.45) is 3.67. The molecule has 1 heterocycles. The van der Waals surface area contributed by atoms with Crippen molar-refractivity contribution in [2.45, 2.75) is 24.9 Å². The van der Waals surface area contributed by atoms with Gasteiger partial charge in [0, 0.05) is 25.8 Å². The number of carboxylic acids is 1. The molecule has 124 valence electrons. The minimum absolute atomic E-state index is 0.438. The number of hydroxylamine groups is 1. The van der Waals surface area contributed by atoms with Crippen molar-refractivity contribution in [3.05, 3.63) is 41.5 Å². The van der Waals surface area contributed by atoms with Crippen LogP contribution in [0.3, 0.4) is 0 Å². The molecule has 0 bridgehead atoms. The van der Waals surface area contributed by atoms with Gasteiger partial charge in [0.05, 0.1) is 0 Å². The second kappa shape index (κ2) is 7.87. The first-order valence-corrected chi connectivity index (χ1v) is 7.33. The van der Waals surface area contributed by atoms with Crippen LogP contribution in [0, 0.1) is 0 Å². The van der Waals surface area contributed by atoms with E-state index < -0.39 is 17.4 Å². The zero-order valence-electron chi connectivity index (χ0n) is 12.6. The number of rotatable bonds is 6. The lowest BCUT2D eigenvalue weighted by Gasteiger charge is -2.34. The lowest BCUT2D eigenvalue weighted by molar-refractivity contribution is -0.149. The van der Waals surface area contributed by atoms with E-state index in [1.165, 1.54) is 11.6 Å². The maximum atomic E-state index is 11.5. The van der Waals surface area contributed by atoms with E-state index in [1.807, 2.05) is 24.3 Å². The Kier molecular flexibility index (Phi) is 5.86. The Morgan fingerprint density at radius 2 is 1.87 bits per heavy atom. The highest BCUT2D eigenvalue weighted by molar-refractivity contribution is 5.90. The van der Waals surface area contributed by atoms with Crippen molar-refractivity contribution < 1.29 is 24.6 Å². The monoisotopic (exact) mass is 320 g/mol. The van der Waals surface area contributed by atoms with Gasteiger partial charge in [-0.15, -0.1) is 0 Å². The van der Waals surface area contributed by atoms with Crippen LogP contribution in [0.5, 0.6) is 0 Å². The number of carbonyl (C=O) groups excluding carboxylic acids is 1. The molecule has 1 saturated heterocycles. The van der Waals surface area contributed by atoms with Crippen molar-refractivity contribution >= 4 is 18.0 Å². The molecule has 23 heavy (non-hydrogen) atoms. The van der Waals surface area contributed by atoms with Gasteiger partial charge in [-0.25, -0.2) is 5.48 Å². The van der Waals surface area contributed by atoms with Crippen LogP contribution in [0.15, 0.2) is 30.3 Å². The lowest BCUT2D eigenvalue weighted by atomic mass is 9.90. The fourth-order valence-corrected chi connectivity index (χ4v) is 2.41. The molecule has 0 atom stereocenters. The molecule has 0 unspecified atom stereocenters. The van der Waals surface area contributed by atoms with Crippen LogP contribution in [-0.4, -0.2) is 40.9 Å². The molecular formula is C16H20N2O5. The number of carbonyl (C=O) groups is 2. The standard InChI is InChI=1S/C16H20N2O5/c19-14(18-22)6-5-12-1-3-13(4-2-12)11-17-16(15(20)21)7-9-23-10-8-16/h1-6,17,22H,7-11H2,(H,18,19)(H,20,21)/b6-5+. The van der Waals surface area contributed by atoms with E-state index in [0.29, 0.717) is 32.6 Å². The van der Waals surface area contributed by atoms with Crippen molar-refractivity contribution in [2.75, 3.05) is 13.2 Å². The van der Waals surface area contributed by atoms with Gasteiger partial charge in [0.15, 0.2) is 0 Å². The van der Waals surface area contributed by atoms with E-state index in [4.69, 9.17) is 9.94 Å². The average molecular weight is 320 g/mol. The highest BCUT2D eigenvalue weighted by Crippen LogP contribution is 2.22. The van der Waals surface area contributed by atoms with Crippen molar-refractivity contribution in [3.63, 3.8) is 0 Å². The number of ether oxygens (including phenoxy) is 1. The first-order chi connectivity index (χ1) is 11.1. The lowest BCUT2D eigenvalue weighted by Crippen LogP contribution is -2.55. The summed E-state index contributed by atoms with van der Waals surface area (Å²) in [5.41, 5.74) is 2.33. The molecule has 1 aliphatic rings. The molecule has 0 aromatic heterocycles. The van der Waals surface area contributed by atoms with Gasteiger partial charge in [-0.1, -0.05) is 24.3 Å². The molecule has 1 amide bonds. The van der Waals surface area contributed by atoms with E-state index in [-0.39, 0.29) is 0 Å². The predicted octanol–water partition coefficient (Wildman–Crippen LogP) is 0.929. The topological polar surface area (TPSA) is 108 Å². The molecule has 1 aliphatic heterocycles. The van der Waals surface area contributed by atoms with Crippen LogP contribution in [0.4, 0.5) is 0 Å². The van der Waals surface area contributed by atoms with Gasteiger partial charge in [-0.05, 0) is 30.0 Å². The summed E-state index contributed by atoms with van der Waals surface area (Å²) in [7, 11) is 0. The Balaban J connectivity index is 1.96. The fourth-order valence-electron chi connectivity index (χ4n) is 2.41. The number of amides is 1. The number of aliphatic carboxylic acids is 1.